The number of hydrogen-bond acceptors (Lipinski definition) is 5. The Kier molecular flexibility index (Phi) is 6.23. The zero-order valence-electron chi connectivity index (χ0n) is 16.7. The van der Waals surface area contributed by atoms with Gasteiger partial charge in [0.2, 0.25) is 0 Å². The predicted molar refractivity (Wildman–Crippen MR) is 104 cm³/mol. The molecule has 6 heteroatoms. The van der Waals surface area contributed by atoms with Crippen LogP contribution >= 0.6 is 0 Å². The van der Waals surface area contributed by atoms with Crippen molar-refractivity contribution in [3.8, 4) is 11.8 Å². The van der Waals surface area contributed by atoms with Gasteiger partial charge in [0.25, 0.3) is 5.91 Å². The van der Waals surface area contributed by atoms with E-state index in [2.05, 4.69) is 6.07 Å². The SMILES string of the molecule is C[C@H](OC(=O)COc1ccc2c(c1)CCC2)C(=O)N(C)C1(C#N)CCCCC1. The number of benzene rings is 1. The second kappa shape index (κ2) is 8.64. The topological polar surface area (TPSA) is 79.6 Å². The van der Waals surface area contributed by atoms with Crippen molar-refractivity contribution in [3.05, 3.63) is 29.3 Å². The van der Waals surface area contributed by atoms with Crippen molar-refractivity contribution >= 4 is 11.9 Å². The molecule has 1 amide bonds. The molecule has 1 aromatic carbocycles. The molecule has 150 valence electrons. The molecule has 1 fully saturated rings. The summed E-state index contributed by atoms with van der Waals surface area (Å²) in [6.45, 7) is 1.30. The minimum Gasteiger partial charge on any atom is -0.482 e. The molecule has 0 spiro atoms. The van der Waals surface area contributed by atoms with Crippen LogP contribution in [0, 0.1) is 11.3 Å². The van der Waals surface area contributed by atoms with Gasteiger partial charge in [-0.3, -0.25) is 4.79 Å². The molecule has 0 N–H and O–H groups in total. The van der Waals surface area contributed by atoms with E-state index in [9.17, 15) is 14.9 Å². The Bertz CT molecular complexity index is 777. The van der Waals surface area contributed by atoms with Gasteiger partial charge in [0.05, 0.1) is 6.07 Å². The van der Waals surface area contributed by atoms with Crippen LogP contribution in [0.4, 0.5) is 0 Å². The zero-order chi connectivity index (χ0) is 20.1. The molecular formula is C22H28N2O4. The lowest BCUT2D eigenvalue weighted by Crippen LogP contribution is -2.53. The third kappa shape index (κ3) is 4.30. The van der Waals surface area contributed by atoms with Gasteiger partial charge in [-0.2, -0.15) is 5.26 Å². The van der Waals surface area contributed by atoms with E-state index in [4.69, 9.17) is 9.47 Å². The number of ether oxygens (including phenoxy) is 2. The van der Waals surface area contributed by atoms with Gasteiger partial charge in [-0.1, -0.05) is 25.3 Å². The highest BCUT2D eigenvalue weighted by molar-refractivity contribution is 5.84. The average molecular weight is 384 g/mol. The first-order chi connectivity index (χ1) is 13.4. The Morgan fingerprint density at radius 3 is 2.61 bits per heavy atom. The van der Waals surface area contributed by atoms with Crippen LogP contribution in [0.1, 0.15) is 56.6 Å². The molecule has 2 aliphatic carbocycles. The van der Waals surface area contributed by atoms with Crippen molar-refractivity contribution in [2.45, 2.75) is 69.9 Å². The lowest BCUT2D eigenvalue weighted by atomic mass is 9.81. The molecule has 0 heterocycles. The molecule has 2 aliphatic rings. The van der Waals surface area contributed by atoms with E-state index in [0.717, 1.165) is 38.5 Å². The first-order valence-electron chi connectivity index (χ1n) is 10.1. The number of esters is 1. The Balaban J connectivity index is 1.52. The monoisotopic (exact) mass is 384 g/mol. The molecule has 0 bridgehead atoms. The molecule has 0 saturated heterocycles. The number of amides is 1. The third-order valence-electron chi connectivity index (χ3n) is 5.94. The number of fused-ring (bicyclic) bond motifs is 1. The van der Waals surface area contributed by atoms with Gasteiger partial charge in [-0.25, -0.2) is 4.79 Å². The normalized spacial score (nSPS) is 18.5. The second-order valence-electron chi connectivity index (χ2n) is 7.81. The summed E-state index contributed by atoms with van der Waals surface area (Å²) in [6, 6.07) is 8.18. The summed E-state index contributed by atoms with van der Waals surface area (Å²) in [5, 5.41) is 9.63. The van der Waals surface area contributed by atoms with E-state index in [0.29, 0.717) is 18.6 Å². The van der Waals surface area contributed by atoms with Crippen LogP contribution in [0.5, 0.6) is 5.75 Å². The Morgan fingerprint density at radius 1 is 1.18 bits per heavy atom. The molecule has 0 aliphatic heterocycles. The Morgan fingerprint density at radius 2 is 1.89 bits per heavy atom. The third-order valence-corrected chi connectivity index (χ3v) is 5.94. The van der Waals surface area contributed by atoms with Crippen LogP contribution in [0.2, 0.25) is 0 Å². The van der Waals surface area contributed by atoms with E-state index in [-0.39, 0.29) is 12.5 Å². The van der Waals surface area contributed by atoms with Gasteiger partial charge in [0.15, 0.2) is 12.7 Å². The zero-order valence-corrected chi connectivity index (χ0v) is 16.7. The molecule has 0 radical (unpaired) electrons. The van der Waals surface area contributed by atoms with Crippen molar-refractivity contribution in [2.24, 2.45) is 0 Å². The van der Waals surface area contributed by atoms with Crippen molar-refractivity contribution in [1.29, 1.82) is 5.26 Å². The first-order valence-corrected chi connectivity index (χ1v) is 10.1. The van der Waals surface area contributed by atoms with Crippen molar-refractivity contribution in [1.82, 2.24) is 4.90 Å². The van der Waals surface area contributed by atoms with Crippen molar-refractivity contribution < 1.29 is 19.1 Å². The predicted octanol–water partition coefficient (Wildman–Crippen LogP) is 3.17. The van der Waals surface area contributed by atoms with E-state index in [1.165, 1.54) is 16.0 Å². The average Bonchev–Trinajstić information content (AvgIpc) is 3.19. The maximum Gasteiger partial charge on any atom is 0.344 e. The summed E-state index contributed by atoms with van der Waals surface area (Å²) >= 11 is 0. The minimum absolute atomic E-state index is 0.247. The first kappa shape index (κ1) is 20.2. The summed E-state index contributed by atoms with van der Waals surface area (Å²) in [7, 11) is 1.63. The summed E-state index contributed by atoms with van der Waals surface area (Å²) < 4.78 is 10.8. The molecule has 28 heavy (non-hydrogen) atoms. The van der Waals surface area contributed by atoms with E-state index < -0.39 is 17.6 Å². The second-order valence-corrected chi connectivity index (χ2v) is 7.81. The summed E-state index contributed by atoms with van der Waals surface area (Å²) in [4.78, 5) is 26.3. The van der Waals surface area contributed by atoms with Gasteiger partial charge < -0.3 is 14.4 Å². The molecule has 0 unspecified atom stereocenters. The number of aryl methyl sites for hydroxylation is 2. The lowest BCUT2D eigenvalue weighted by molar-refractivity contribution is -0.162. The molecule has 0 aromatic heterocycles. The number of carbonyl (C=O) groups is 2. The highest BCUT2D eigenvalue weighted by Gasteiger charge is 2.40. The standard InChI is InChI=1S/C22H28N2O4/c1-16(21(26)24(2)22(15-23)11-4-3-5-12-22)28-20(25)14-27-19-10-9-17-7-6-8-18(17)13-19/h9-10,13,16H,3-8,11-12,14H2,1-2H3/t16-/m0/s1. The Hall–Kier alpha value is -2.55. The lowest BCUT2D eigenvalue weighted by Gasteiger charge is -2.39. The number of likely N-dealkylation sites (N-methyl/N-ethyl adjacent to an activating group) is 1. The van der Waals surface area contributed by atoms with Gasteiger partial charge >= 0.3 is 5.97 Å². The van der Waals surface area contributed by atoms with Crippen molar-refractivity contribution in [3.63, 3.8) is 0 Å². The van der Waals surface area contributed by atoms with E-state index in [1.54, 1.807) is 14.0 Å². The van der Waals surface area contributed by atoms with Crippen LogP contribution in [0.25, 0.3) is 0 Å². The maximum absolute atomic E-state index is 12.7. The quantitative estimate of drug-likeness (QED) is 0.704. The molecule has 6 nitrogen and oxygen atoms in total. The number of nitrogens with zero attached hydrogens (tertiary/aromatic N) is 2. The van der Waals surface area contributed by atoms with Crippen LogP contribution in [0.3, 0.4) is 0 Å². The molecule has 1 saturated carbocycles. The largest absolute Gasteiger partial charge is 0.482 e. The molecular weight excluding hydrogens is 356 g/mol. The highest BCUT2D eigenvalue weighted by atomic mass is 16.6. The van der Waals surface area contributed by atoms with E-state index >= 15 is 0 Å². The minimum atomic E-state index is -0.951. The fourth-order valence-electron chi connectivity index (χ4n) is 4.20. The fraction of sp³-hybridized carbons (Fsp3) is 0.591. The van der Waals surface area contributed by atoms with Crippen LogP contribution in [-0.2, 0) is 27.2 Å². The van der Waals surface area contributed by atoms with Crippen molar-refractivity contribution in [2.75, 3.05) is 13.7 Å². The van der Waals surface area contributed by atoms with E-state index in [1.807, 2.05) is 18.2 Å². The van der Waals surface area contributed by atoms with Crippen LogP contribution < -0.4 is 4.74 Å². The van der Waals surface area contributed by atoms with Gasteiger partial charge in [-0.05, 0) is 62.3 Å². The highest BCUT2D eigenvalue weighted by Crippen LogP contribution is 2.33. The van der Waals surface area contributed by atoms with Gasteiger partial charge in [-0.15, -0.1) is 0 Å². The van der Waals surface area contributed by atoms with Gasteiger partial charge in [0.1, 0.15) is 11.3 Å². The number of nitriles is 1. The Labute approximate surface area is 166 Å². The smallest absolute Gasteiger partial charge is 0.344 e. The fourth-order valence-corrected chi connectivity index (χ4v) is 4.20. The maximum atomic E-state index is 12.7. The number of carbonyl (C=O) groups excluding carboxylic acids is 2. The molecule has 1 atom stereocenters. The molecule has 1 aromatic rings. The van der Waals surface area contributed by atoms with Crippen LogP contribution in [0.15, 0.2) is 18.2 Å². The summed E-state index contributed by atoms with van der Waals surface area (Å²) in [5.74, 6) is -0.307. The summed E-state index contributed by atoms with van der Waals surface area (Å²) in [5.41, 5.74) is 1.81. The van der Waals surface area contributed by atoms with Gasteiger partial charge in [0, 0.05) is 7.05 Å². The molecule has 3 rings (SSSR count). The summed E-state index contributed by atoms with van der Waals surface area (Å²) in [6.07, 6.45) is 6.58. The number of hydrogen-bond donors (Lipinski definition) is 0. The number of rotatable bonds is 6. The van der Waals surface area contributed by atoms with Crippen LogP contribution in [-0.4, -0.2) is 42.1 Å².